The Labute approximate surface area is 208 Å². The molecule has 1 aromatic heterocycles. The number of anilines is 1. The number of halogens is 1. The normalized spacial score (nSPS) is 17.6. The monoisotopic (exact) mass is 498 g/mol. The number of carbonyl (C=O) groups excluding carboxylic acids is 3. The zero-order valence-electron chi connectivity index (χ0n) is 20.6. The third-order valence-electron chi connectivity index (χ3n) is 6.59. The Bertz CT molecular complexity index is 1200. The van der Waals surface area contributed by atoms with Gasteiger partial charge in [-0.3, -0.25) is 14.4 Å². The summed E-state index contributed by atoms with van der Waals surface area (Å²) in [6, 6.07) is 4.19. The molecule has 0 aliphatic carbocycles. The second-order valence-electron chi connectivity index (χ2n) is 9.03. The minimum absolute atomic E-state index is 0.0709. The predicted octanol–water partition coefficient (Wildman–Crippen LogP) is 2.69. The number of aromatic amines is 1. The molecule has 4 rings (SSSR count). The summed E-state index contributed by atoms with van der Waals surface area (Å²) in [6.45, 7) is 5.05. The van der Waals surface area contributed by atoms with E-state index in [9.17, 15) is 18.8 Å². The van der Waals surface area contributed by atoms with Crippen molar-refractivity contribution in [2.24, 2.45) is 0 Å². The lowest BCUT2D eigenvalue weighted by Gasteiger charge is -2.25. The maximum Gasteiger partial charge on any atom is 0.256 e. The first kappa shape index (κ1) is 25.6. The maximum atomic E-state index is 13.8. The molecule has 0 saturated carbocycles. The predicted molar refractivity (Wildman–Crippen MR) is 133 cm³/mol. The summed E-state index contributed by atoms with van der Waals surface area (Å²) in [5.41, 5.74) is 3.68. The molecule has 10 heteroatoms. The molecule has 2 aliphatic rings. The molecule has 0 radical (unpaired) electrons. The molecule has 4 N–H and O–H groups in total. The number of amides is 3. The van der Waals surface area contributed by atoms with Gasteiger partial charge in [-0.15, -0.1) is 0 Å². The van der Waals surface area contributed by atoms with Gasteiger partial charge in [0.2, 0.25) is 5.91 Å². The first-order valence-electron chi connectivity index (χ1n) is 12.0. The van der Waals surface area contributed by atoms with Gasteiger partial charge in [-0.05, 0) is 62.9 Å². The van der Waals surface area contributed by atoms with Crippen LogP contribution in [0.2, 0.25) is 0 Å². The molecule has 1 fully saturated rings. The molecular formula is C26H31FN4O5. The first-order chi connectivity index (χ1) is 17.3. The Morgan fingerprint density at radius 1 is 1.28 bits per heavy atom. The lowest BCUT2D eigenvalue weighted by atomic mass is 10.0. The molecule has 1 atom stereocenters. The van der Waals surface area contributed by atoms with E-state index in [2.05, 4.69) is 20.9 Å². The molecule has 36 heavy (non-hydrogen) atoms. The SMILES string of the molecule is CO[C@@H](CCNC(=O)c1c(C)[nH]c(/C=C2\C(=O)Nc3ccc(F)cc32)c1C)C(=O)NC1CCOCC1. The Kier molecular flexibility index (Phi) is 7.85. The Morgan fingerprint density at radius 3 is 2.75 bits per heavy atom. The number of ether oxygens (including phenoxy) is 2. The van der Waals surface area contributed by atoms with Crippen LogP contribution in [0.1, 0.15) is 52.1 Å². The first-order valence-corrected chi connectivity index (χ1v) is 12.0. The Hall–Kier alpha value is -3.50. The molecule has 2 aliphatic heterocycles. The van der Waals surface area contributed by atoms with Gasteiger partial charge in [0.15, 0.2) is 0 Å². The van der Waals surface area contributed by atoms with Gasteiger partial charge in [-0.1, -0.05) is 0 Å². The van der Waals surface area contributed by atoms with Crippen molar-refractivity contribution < 1.29 is 28.2 Å². The van der Waals surface area contributed by atoms with Crippen LogP contribution in [0.5, 0.6) is 0 Å². The van der Waals surface area contributed by atoms with Crippen molar-refractivity contribution in [2.75, 3.05) is 32.2 Å². The largest absolute Gasteiger partial charge is 0.381 e. The molecule has 1 saturated heterocycles. The Morgan fingerprint density at radius 2 is 2.03 bits per heavy atom. The third-order valence-corrected chi connectivity index (χ3v) is 6.59. The molecule has 0 spiro atoms. The van der Waals surface area contributed by atoms with Gasteiger partial charge in [0, 0.05) is 55.5 Å². The van der Waals surface area contributed by atoms with Gasteiger partial charge in [-0.25, -0.2) is 4.39 Å². The lowest BCUT2D eigenvalue weighted by Crippen LogP contribution is -2.45. The zero-order chi connectivity index (χ0) is 25.8. The topological polar surface area (TPSA) is 122 Å². The molecule has 2 aromatic rings. The van der Waals surface area contributed by atoms with E-state index in [1.807, 2.05) is 0 Å². The van der Waals surface area contributed by atoms with Crippen molar-refractivity contribution in [1.29, 1.82) is 0 Å². The minimum atomic E-state index is -0.678. The highest BCUT2D eigenvalue weighted by atomic mass is 19.1. The van der Waals surface area contributed by atoms with Crippen molar-refractivity contribution in [3.05, 3.63) is 52.1 Å². The van der Waals surface area contributed by atoms with E-state index in [4.69, 9.17) is 9.47 Å². The summed E-state index contributed by atoms with van der Waals surface area (Å²) in [7, 11) is 1.47. The number of fused-ring (bicyclic) bond motifs is 1. The van der Waals surface area contributed by atoms with Gasteiger partial charge in [-0.2, -0.15) is 0 Å². The zero-order valence-corrected chi connectivity index (χ0v) is 20.6. The standard InChI is InChI=1S/C26H31FN4O5/c1-14-21(13-19-18-12-16(27)4-5-20(18)31-24(19)32)29-15(2)23(14)26(34)28-9-6-22(35-3)25(33)30-17-7-10-36-11-8-17/h4-5,12-13,17,22,29H,6-11H2,1-3H3,(H,28,34)(H,30,33)(H,31,32)/b19-13-/t22-/m0/s1. The fourth-order valence-corrected chi connectivity index (χ4v) is 4.60. The number of carbonyl (C=O) groups is 3. The average molecular weight is 499 g/mol. The van der Waals surface area contributed by atoms with E-state index in [1.54, 1.807) is 19.9 Å². The van der Waals surface area contributed by atoms with E-state index in [1.165, 1.54) is 25.3 Å². The molecule has 192 valence electrons. The quantitative estimate of drug-likeness (QED) is 0.417. The van der Waals surface area contributed by atoms with Crippen LogP contribution in [-0.2, 0) is 19.1 Å². The number of nitrogens with one attached hydrogen (secondary N) is 4. The van der Waals surface area contributed by atoms with Crippen LogP contribution in [0, 0.1) is 19.7 Å². The summed E-state index contributed by atoms with van der Waals surface area (Å²) in [5.74, 6) is -1.27. The molecule has 0 bridgehead atoms. The van der Waals surface area contributed by atoms with E-state index in [0.717, 1.165) is 12.8 Å². The van der Waals surface area contributed by atoms with Crippen LogP contribution in [0.3, 0.4) is 0 Å². The van der Waals surface area contributed by atoms with Gasteiger partial charge in [0.25, 0.3) is 11.8 Å². The molecule has 0 unspecified atom stereocenters. The van der Waals surface area contributed by atoms with Crippen molar-refractivity contribution in [1.82, 2.24) is 15.6 Å². The molecule has 3 amide bonds. The number of H-pyrrole nitrogens is 1. The number of aromatic nitrogens is 1. The van der Waals surface area contributed by atoms with Crippen molar-refractivity contribution in [3.8, 4) is 0 Å². The summed E-state index contributed by atoms with van der Waals surface area (Å²) in [4.78, 5) is 41.1. The highest BCUT2D eigenvalue weighted by Gasteiger charge is 2.27. The number of hydrogen-bond donors (Lipinski definition) is 4. The van der Waals surface area contributed by atoms with Crippen LogP contribution < -0.4 is 16.0 Å². The molecule has 9 nitrogen and oxygen atoms in total. The minimum Gasteiger partial charge on any atom is -0.381 e. The van der Waals surface area contributed by atoms with Crippen molar-refractivity contribution >= 4 is 35.1 Å². The summed E-state index contributed by atoms with van der Waals surface area (Å²) in [6.07, 6.45) is 2.81. The van der Waals surface area contributed by atoms with Crippen LogP contribution in [0.4, 0.5) is 10.1 Å². The average Bonchev–Trinajstić information content (AvgIpc) is 3.31. The number of hydrogen-bond acceptors (Lipinski definition) is 5. The molecule has 3 heterocycles. The van der Waals surface area contributed by atoms with Gasteiger partial charge >= 0.3 is 0 Å². The highest BCUT2D eigenvalue weighted by Crippen LogP contribution is 2.34. The number of rotatable bonds is 8. The smallest absolute Gasteiger partial charge is 0.256 e. The van der Waals surface area contributed by atoms with E-state index in [-0.39, 0.29) is 30.3 Å². The second-order valence-corrected chi connectivity index (χ2v) is 9.03. The fourth-order valence-electron chi connectivity index (χ4n) is 4.60. The van der Waals surface area contributed by atoms with Gasteiger partial charge in [0.1, 0.15) is 11.9 Å². The number of benzene rings is 1. The fraction of sp³-hybridized carbons (Fsp3) is 0.423. The highest BCUT2D eigenvalue weighted by molar-refractivity contribution is 6.34. The van der Waals surface area contributed by atoms with Crippen molar-refractivity contribution in [3.63, 3.8) is 0 Å². The number of aryl methyl sites for hydroxylation is 1. The maximum absolute atomic E-state index is 13.8. The molecule has 1 aromatic carbocycles. The van der Waals surface area contributed by atoms with Gasteiger partial charge in [0.05, 0.1) is 11.1 Å². The van der Waals surface area contributed by atoms with E-state index in [0.29, 0.717) is 59.0 Å². The van der Waals surface area contributed by atoms with Crippen LogP contribution in [0.25, 0.3) is 11.6 Å². The van der Waals surface area contributed by atoms with E-state index < -0.39 is 11.9 Å². The summed E-state index contributed by atoms with van der Waals surface area (Å²) < 4.78 is 24.4. The third kappa shape index (κ3) is 5.50. The van der Waals surface area contributed by atoms with Gasteiger partial charge < -0.3 is 30.4 Å². The number of methoxy groups -OCH3 is 1. The lowest BCUT2D eigenvalue weighted by molar-refractivity contribution is -0.132. The van der Waals surface area contributed by atoms with Crippen molar-refractivity contribution in [2.45, 2.75) is 45.3 Å². The summed E-state index contributed by atoms with van der Waals surface area (Å²) in [5, 5.41) is 8.56. The molecular weight excluding hydrogens is 467 g/mol. The summed E-state index contributed by atoms with van der Waals surface area (Å²) >= 11 is 0. The van der Waals surface area contributed by atoms with Crippen LogP contribution in [-0.4, -0.2) is 61.7 Å². The Balaban J connectivity index is 1.40. The van der Waals surface area contributed by atoms with Crippen LogP contribution in [0.15, 0.2) is 18.2 Å². The van der Waals surface area contributed by atoms with E-state index >= 15 is 0 Å². The van der Waals surface area contributed by atoms with Crippen LogP contribution >= 0.6 is 0 Å². The second kappa shape index (κ2) is 11.0.